The molecule has 5 nitrogen and oxygen atoms in total. The molecule has 3 N–H and O–H groups in total. The minimum atomic E-state index is -4.42. The third-order valence-electron chi connectivity index (χ3n) is 5.51. The highest BCUT2D eigenvalue weighted by atomic mass is 19.4. The molecule has 0 spiro atoms. The average molecular weight is 460 g/mol. The van der Waals surface area contributed by atoms with Crippen LogP contribution in [0.4, 0.5) is 30.4 Å². The molecule has 2 aromatic heterocycles. The number of nitrogens with zero attached hydrogens (tertiary/aromatic N) is 1. The summed E-state index contributed by atoms with van der Waals surface area (Å²) in [7, 11) is 0. The highest BCUT2D eigenvalue weighted by Gasteiger charge is 2.30. The van der Waals surface area contributed by atoms with Gasteiger partial charge in [-0.15, -0.1) is 0 Å². The van der Waals surface area contributed by atoms with E-state index in [0.29, 0.717) is 28.4 Å². The molecule has 8 heteroatoms. The quantitative estimate of drug-likeness (QED) is 0.269. The highest BCUT2D eigenvalue weighted by molar-refractivity contribution is 6.06. The van der Waals surface area contributed by atoms with Gasteiger partial charge in [-0.2, -0.15) is 13.2 Å². The van der Waals surface area contributed by atoms with Crippen LogP contribution in [0.3, 0.4) is 0 Å². The van der Waals surface area contributed by atoms with Gasteiger partial charge in [-0.3, -0.25) is 4.79 Å². The van der Waals surface area contributed by atoms with Crippen LogP contribution >= 0.6 is 0 Å². The Morgan fingerprint density at radius 1 is 0.912 bits per heavy atom. The first-order chi connectivity index (χ1) is 16.3. The standard InChI is InChI=1S/C26H19F3N4O/c1-15-11-24(30-18-7-4-6-17(13-18)26(27,28)29)33-22-10-9-19(14-20(15)22)31-25(34)23-12-16-5-2-3-8-21(16)32-23/h2-14,32H,1H3,(H,30,33)(H,31,34). The van der Waals surface area contributed by atoms with E-state index >= 15 is 0 Å². The number of hydrogen-bond donors (Lipinski definition) is 3. The van der Waals surface area contributed by atoms with Gasteiger partial charge in [-0.05, 0) is 67.1 Å². The molecule has 0 bridgehead atoms. The van der Waals surface area contributed by atoms with Crippen LogP contribution < -0.4 is 10.6 Å². The maximum absolute atomic E-state index is 13.0. The second kappa shape index (κ2) is 8.22. The summed E-state index contributed by atoms with van der Waals surface area (Å²) >= 11 is 0. The maximum atomic E-state index is 13.0. The first kappa shape index (κ1) is 21.5. The number of pyridine rings is 1. The van der Waals surface area contributed by atoms with E-state index < -0.39 is 11.7 Å². The lowest BCUT2D eigenvalue weighted by molar-refractivity contribution is -0.137. The monoisotopic (exact) mass is 460 g/mol. The number of nitrogens with one attached hydrogen (secondary N) is 3. The van der Waals surface area contributed by atoms with Crippen molar-refractivity contribution in [3.8, 4) is 0 Å². The number of fused-ring (bicyclic) bond motifs is 2. The Bertz CT molecular complexity index is 1510. The second-order valence-electron chi connectivity index (χ2n) is 7.98. The zero-order chi connectivity index (χ0) is 23.9. The van der Waals surface area contributed by atoms with Crippen molar-refractivity contribution in [3.63, 3.8) is 0 Å². The van der Waals surface area contributed by atoms with Gasteiger partial charge in [0.15, 0.2) is 0 Å². The van der Waals surface area contributed by atoms with Crippen LogP contribution in [0, 0.1) is 6.92 Å². The minimum absolute atomic E-state index is 0.260. The number of anilines is 3. The Kier molecular flexibility index (Phi) is 5.20. The number of aromatic amines is 1. The van der Waals surface area contributed by atoms with Crippen LogP contribution in [-0.2, 0) is 6.18 Å². The number of aryl methyl sites for hydroxylation is 1. The molecule has 0 aliphatic carbocycles. The Morgan fingerprint density at radius 3 is 2.53 bits per heavy atom. The highest BCUT2D eigenvalue weighted by Crippen LogP contribution is 2.32. The molecule has 0 aliphatic rings. The lowest BCUT2D eigenvalue weighted by Crippen LogP contribution is -2.12. The zero-order valence-corrected chi connectivity index (χ0v) is 18.0. The number of benzene rings is 3. The smallest absolute Gasteiger partial charge is 0.351 e. The van der Waals surface area contributed by atoms with Gasteiger partial charge in [0.25, 0.3) is 5.91 Å². The van der Waals surface area contributed by atoms with Crippen LogP contribution in [-0.4, -0.2) is 15.9 Å². The largest absolute Gasteiger partial charge is 0.416 e. The molecule has 0 aliphatic heterocycles. The zero-order valence-electron chi connectivity index (χ0n) is 18.0. The number of halogens is 3. The topological polar surface area (TPSA) is 69.8 Å². The Hall–Kier alpha value is -4.33. The lowest BCUT2D eigenvalue weighted by Gasteiger charge is -2.12. The predicted molar refractivity (Wildman–Crippen MR) is 127 cm³/mol. The molecule has 1 amide bonds. The number of hydrogen-bond acceptors (Lipinski definition) is 3. The van der Waals surface area contributed by atoms with Crippen molar-refractivity contribution in [2.24, 2.45) is 0 Å². The van der Waals surface area contributed by atoms with E-state index in [9.17, 15) is 18.0 Å². The molecule has 5 aromatic rings. The van der Waals surface area contributed by atoms with Crippen LogP contribution in [0.5, 0.6) is 0 Å². The van der Waals surface area contributed by atoms with Gasteiger partial charge in [-0.1, -0.05) is 24.3 Å². The molecule has 170 valence electrons. The third kappa shape index (κ3) is 4.30. The van der Waals surface area contributed by atoms with Crippen molar-refractivity contribution in [1.82, 2.24) is 9.97 Å². The fraction of sp³-hybridized carbons (Fsp3) is 0.0769. The first-order valence-electron chi connectivity index (χ1n) is 10.5. The Morgan fingerprint density at radius 2 is 1.74 bits per heavy atom. The van der Waals surface area contributed by atoms with Gasteiger partial charge in [0, 0.05) is 27.7 Å². The number of carbonyl (C=O) groups excluding carboxylic acids is 1. The number of para-hydroxylation sites is 1. The molecule has 2 heterocycles. The van der Waals surface area contributed by atoms with Crippen LogP contribution in [0.2, 0.25) is 0 Å². The van der Waals surface area contributed by atoms with Gasteiger partial charge in [0.1, 0.15) is 11.5 Å². The summed E-state index contributed by atoms with van der Waals surface area (Å²) in [5.41, 5.74) is 3.02. The number of alkyl halides is 3. The first-order valence-corrected chi connectivity index (χ1v) is 10.5. The van der Waals surface area contributed by atoms with Crippen LogP contribution in [0.25, 0.3) is 21.8 Å². The van der Waals surface area contributed by atoms with Crippen molar-refractivity contribution in [2.75, 3.05) is 10.6 Å². The van der Waals surface area contributed by atoms with Gasteiger partial charge in [0.05, 0.1) is 11.1 Å². The summed E-state index contributed by atoms with van der Waals surface area (Å²) in [6.45, 7) is 1.88. The van der Waals surface area contributed by atoms with Crippen molar-refractivity contribution >= 4 is 44.9 Å². The third-order valence-corrected chi connectivity index (χ3v) is 5.51. The Balaban J connectivity index is 1.38. The fourth-order valence-electron chi connectivity index (χ4n) is 3.85. The molecular formula is C26H19F3N4O. The molecule has 0 atom stereocenters. The van der Waals surface area contributed by atoms with E-state index in [2.05, 4.69) is 20.6 Å². The summed E-state index contributed by atoms with van der Waals surface area (Å²) in [5.74, 6) is 0.170. The minimum Gasteiger partial charge on any atom is -0.351 e. The van der Waals surface area contributed by atoms with Gasteiger partial charge < -0.3 is 15.6 Å². The second-order valence-corrected chi connectivity index (χ2v) is 7.98. The van der Waals surface area contributed by atoms with Crippen molar-refractivity contribution < 1.29 is 18.0 Å². The number of H-pyrrole nitrogens is 1. The van der Waals surface area contributed by atoms with E-state index in [1.54, 1.807) is 30.3 Å². The maximum Gasteiger partial charge on any atom is 0.416 e. The number of amides is 1. The van der Waals surface area contributed by atoms with E-state index in [-0.39, 0.29) is 5.91 Å². The van der Waals surface area contributed by atoms with Crippen LogP contribution in [0.1, 0.15) is 21.6 Å². The number of rotatable bonds is 4. The molecule has 5 rings (SSSR count). The van der Waals surface area contributed by atoms with E-state index in [1.807, 2.05) is 37.3 Å². The molecule has 34 heavy (non-hydrogen) atoms. The molecule has 3 aromatic carbocycles. The number of carbonyl (C=O) groups is 1. The number of aromatic nitrogens is 2. The van der Waals surface area contributed by atoms with Gasteiger partial charge in [-0.25, -0.2) is 4.98 Å². The summed E-state index contributed by atoms with van der Waals surface area (Å²) in [6.07, 6.45) is -4.42. The van der Waals surface area contributed by atoms with Crippen molar-refractivity contribution in [3.05, 3.63) is 95.7 Å². The molecule has 0 saturated carbocycles. The molecule has 0 unspecified atom stereocenters. The fourth-order valence-corrected chi connectivity index (χ4v) is 3.85. The molecular weight excluding hydrogens is 441 g/mol. The Labute approximate surface area is 192 Å². The molecule has 0 saturated heterocycles. The van der Waals surface area contributed by atoms with E-state index in [1.165, 1.54) is 6.07 Å². The summed E-state index contributed by atoms with van der Waals surface area (Å²) < 4.78 is 39.0. The van der Waals surface area contributed by atoms with E-state index in [0.717, 1.165) is 34.0 Å². The molecule has 0 fully saturated rings. The lowest BCUT2D eigenvalue weighted by atomic mass is 10.1. The normalized spacial score (nSPS) is 11.6. The van der Waals surface area contributed by atoms with Crippen LogP contribution in [0.15, 0.2) is 78.9 Å². The summed E-state index contributed by atoms with van der Waals surface area (Å²) in [4.78, 5) is 20.3. The SMILES string of the molecule is Cc1cc(Nc2cccc(C(F)(F)F)c2)nc2ccc(NC(=O)c3cc4ccccc4[nH]3)cc12. The van der Waals surface area contributed by atoms with Crippen molar-refractivity contribution in [1.29, 1.82) is 0 Å². The van der Waals surface area contributed by atoms with Gasteiger partial charge in [0.2, 0.25) is 0 Å². The summed E-state index contributed by atoms with van der Waals surface area (Å²) in [6, 6.07) is 21.5. The van der Waals surface area contributed by atoms with Crippen molar-refractivity contribution in [2.45, 2.75) is 13.1 Å². The predicted octanol–water partition coefficient (Wildman–Crippen LogP) is 7.04. The summed E-state index contributed by atoms with van der Waals surface area (Å²) in [5, 5.41) is 7.61. The van der Waals surface area contributed by atoms with Gasteiger partial charge >= 0.3 is 6.18 Å². The molecule has 0 radical (unpaired) electrons. The van der Waals surface area contributed by atoms with E-state index in [4.69, 9.17) is 0 Å². The average Bonchev–Trinajstić information content (AvgIpc) is 3.24.